The summed E-state index contributed by atoms with van der Waals surface area (Å²) >= 11 is 5.08. The van der Waals surface area contributed by atoms with E-state index < -0.39 is 0 Å². The van der Waals surface area contributed by atoms with Gasteiger partial charge in [-0.15, -0.1) is 11.3 Å². The second kappa shape index (κ2) is 7.68. The highest BCUT2D eigenvalue weighted by Gasteiger charge is 2.14. The van der Waals surface area contributed by atoms with Gasteiger partial charge in [0, 0.05) is 21.3 Å². The van der Waals surface area contributed by atoms with Gasteiger partial charge in [0.05, 0.1) is 14.2 Å². The van der Waals surface area contributed by atoms with Crippen LogP contribution in [0.2, 0.25) is 0 Å². The van der Waals surface area contributed by atoms with E-state index in [-0.39, 0.29) is 0 Å². The predicted molar refractivity (Wildman–Crippen MR) is 88.7 cm³/mol. The Morgan fingerprint density at radius 1 is 1.14 bits per heavy atom. The third-order valence-corrected chi connectivity index (χ3v) is 4.55. The predicted octanol–water partition coefficient (Wildman–Crippen LogP) is 3.83. The van der Waals surface area contributed by atoms with E-state index in [9.17, 15) is 0 Å². The molecule has 0 aliphatic heterocycles. The van der Waals surface area contributed by atoms with E-state index in [2.05, 4.69) is 21.2 Å². The summed E-state index contributed by atoms with van der Waals surface area (Å²) in [7, 11) is 5.16. The van der Waals surface area contributed by atoms with Gasteiger partial charge < -0.3 is 19.5 Å². The fourth-order valence-electron chi connectivity index (χ4n) is 1.96. The maximum atomic E-state index is 5.90. The third-order valence-electron chi connectivity index (χ3n) is 2.88. The number of benzene rings is 1. The van der Waals surface area contributed by atoms with Gasteiger partial charge >= 0.3 is 0 Å². The van der Waals surface area contributed by atoms with Crippen molar-refractivity contribution in [3.63, 3.8) is 0 Å². The molecule has 0 aliphatic rings. The smallest absolute Gasteiger partial charge is 0.203 e. The Kier molecular flexibility index (Phi) is 5.90. The van der Waals surface area contributed by atoms with E-state index in [1.807, 2.05) is 30.6 Å². The molecule has 2 aromatic rings. The fraction of sp³-hybridized carbons (Fsp3) is 0.333. The van der Waals surface area contributed by atoms with Crippen LogP contribution in [0.25, 0.3) is 0 Å². The summed E-state index contributed by atoms with van der Waals surface area (Å²) in [4.78, 5) is 1.13. The van der Waals surface area contributed by atoms with Crippen molar-refractivity contribution in [1.29, 1.82) is 0 Å². The van der Waals surface area contributed by atoms with Crippen molar-refractivity contribution in [2.24, 2.45) is 0 Å². The summed E-state index contributed by atoms with van der Waals surface area (Å²) in [5.41, 5.74) is 1.08. The largest absolute Gasteiger partial charge is 0.493 e. The van der Waals surface area contributed by atoms with Crippen molar-refractivity contribution in [3.8, 4) is 17.2 Å². The Hall–Kier alpha value is -1.24. The fourth-order valence-corrected chi connectivity index (χ4v) is 3.32. The van der Waals surface area contributed by atoms with Gasteiger partial charge in [0.25, 0.3) is 0 Å². The van der Waals surface area contributed by atoms with Gasteiger partial charge in [-0.1, -0.05) is 0 Å². The monoisotopic (exact) mass is 371 g/mol. The first-order chi connectivity index (χ1) is 10.2. The summed E-state index contributed by atoms with van der Waals surface area (Å²) in [5, 5.41) is 5.14. The van der Waals surface area contributed by atoms with Crippen molar-refractivity contribution >= 4 is 27.3 Å². The van der Waals surface area contributed by atoms with Crippen LogP contribution in [0, 0.1) is 0 Å². The lowest BCUT2D eigenvalue weighted by atomic mass is 10.2. The second-order valence-corrected chi connectivity index (χ2v) is 6.29. The van der Waals surface area contributed by atoms with Gasteiger partial charge in [-0.2, -0.15) is 0 Å². The number of hydrogen-bond acceptors (Lipinski definition) is 5. The molecule has 1 aromatic heterocycles. The highest BCUT2D eigenvalue weighted by molar-refractivity contribution is 9.10. The molecule has 2 rings (SSSR count). The van der Waals surface area contributed by atoms with Crippen LogP contribution >= 0.6 is 27.3 Å². The minimum atomic E-state index is 0.481. The molecule has 0 saturated heterocycles. The Morgan fingerprint density at radius 2 is 1.81 bits per heavy atom. The van der Waals surface area contributed by atoms with E-state index in [0.717, 1.165) is 21.5 Å². The van der Waals surface area contributed by atoms with Crippen LogP contribution in [0.3, 0.4) is 0 Å². The highest BCUT2D eigenvalue weighted by atomic mass is 79.9. The lowest BCUT2D eigenvalue weighted by molar-refractivity contribution is 0.268. The Balaban J connectivity index is 2.23. The van der Waals surface area contributed by atoms with Crippen molar-refractivity contribution in [2.75, 3.05) is 21.3 Å². The zero-order chi connectivity index (χ0) is 15.2. The van der Waals surface area contributed by atoms with Crippen molar-refractivity contribution in [2.45, 2.75) is 13.2 Å². The molecule has 1 heterocycles. The molecule has 114 valence electrons. The first-order valence-electron chi connectivity index (χ1n) is 6.43. The molecule has 0 fully saturated rings. The standard InChI is InChI=1S/C15H18BrNO3S/c1-17-7-10-4-13(18-2)15(14(5-10)19-3)20-8-12-6-11(16)9-21-12/h4-6,9,17H,7-8H2,1-3H3. The van der Waals surface area contributed by atoms with E-state index >= 15 is 0 Å². The zero-order valence-electron chi connectivity index (χ0n) is 12.2. The average molecular weight is 372 g/mol. The summed E-state index contributed by atoms with van der Waals surface area (Å²) in [6.45, 7) is 1.22. The lowest BCUT2D eigenvalue weighted by Crippen LogP contribution is -2.06. The summed E-state index contributed by atoms with van der Waals surface area (Å²) in [6, 6.07) is 5.95. The van der Waals surface area contributed by atoms with Crippen LogP contribution in [0.5, 0.6) is 17.2 Å². The minimum Gasteiger partial charge on any atom is -0.493 e. The molecule has 6 heteroatoms. The third kappa shape index (κ3) is 4.12. The van der Waals surface area contributed by atoms with E-state index in [0.29, 0.717) is 23.9 Å². The molecule has 0 unspecified atom stereocenters. The molecule has 0 spiro atoms. The Labute approximate surface area is 137 Å². The summed E-state index contributed by atoms with van der Waals surface area (Å²) in [6.07, 6.45) is 0. The molecule has 0 radical (unpaired) electrons. The number of halogens is 1. The van der Waals surface area contributed by atoms with E-state index in [1.54, 1.807) is 25.6 Å². The van der Waals surface area contributed by atoms with Crippen LogP contribution < -0.4 is 19.5 Å². The topological polar surface area (TPSA) is 39.7 Å². The normalized spacial score (nSPS) is 10.5. The van der Waals surface area contributed by atoms with Crippen LogP contribution in [-0.2, 0) is 13.2 Å². The molecule has 21 heavy (non-hydrogen) atoms. The molecule has 4 nitrogen and oxygen atoms in total. The van der Waals surface area contributed by atoms with Gasteiger partial charge in [-0.3, -0.25) is 0 Å². The van der Waals surface area contributed by atoms with Crippen LogP contribution in [0.4, 0.5) is 0 Å². The lowest BCUT2D eigenvalue weighted by Gasteiger charge is -2.15. The maximum Gasteiger partial charge on any atom is 0.203 e. The molecule has 0 amide bonds. The van der Waals surface area contributed by atoms with Gasteiger partial charge in [0.15, 0.2) is 11.5 Å². The average Bonchev–Trinajstić information content (AvgIpc) is 2.90. The van der Waals surface area contributed by atoms with Gasteiger partial charge in [-0.25, -0.2) is 0 Å². The number of thiophene rings is 1. The van der Waals surface area contributed by atoms with Crippen LogP contribution in [-0.4, -0.2) is 21.3 Å². The number of ether oxygens (including phenoxy) is 3. The molecular formula is C15H18BrNO3S. The molecule has 1 N–H and O–H groups in total. The van der Waals surface area contributed by atoms with Gasteiger partial charge in [0.2, 0.25) is 5.75 Å². The molecule has 0 aliphatic carbocycles. The first kappa shape index (κ1) is 16.1. The second-order valence-electron chi connectivity index (χ2n) is 4.38. The molecule has 0 saturated carbocycles. The quantitative estimate of drug-likeness (QED) is 0.802. The van der Waals surface area contributed by atoms with Gasteiger partial charge in [-0.05, 0) is 46.7 Å². The van der Waals surface area contributed by atoms with Crippen molar-refractivity contribution < 1.29 is 14.2 Å². The zero-order valence-corrected chi connectivity index (χ0v) is 14.6. The first-order valence-corrected chi connectivity index (χ1v) is 8.10. The van der Waals surface area contributed by atoms with Crippen LogP contribution in [0.1, 0.15) is 10.4 Å². The maximum absolute atomic E-state index is 5.90. The highest BCUT2D eigenvalue weighted by Crippen LogP contribution is 2.39. The molecule has 0 atom stereocenters. The molecule has 0 bridgehead atoms. The van der Waals surface area contributed by atoms with E-state index in [4.69, 9.17) is 14.2 Å². The van der Waals surface area contributed by atoms with Gasteiger partial charge in [0.1, 0.15) is 6.61 Å². The number of nitrogens with one attached hydrogen (secondary N) is 1. The molecule has 1 aromatic carbocycles. The van der Waals surface area contributed by atoms with E-state index in [1.165, 1.54) is 0 Å². The Bertz CT molecular complexity index is 575. The number of hydrogen-bond donors (Lipinski definition) is 1. The minimum absolute atomic E-state index is 0.481. The SMILES string of the molecule is CNCc1cc(OC)c(OCc2cc(Br)cs2)c(OC)c1. The van der Waals surface area contributed by atoms with Crippen molar-refractivity contribution in [1.82, 2.24) is 5.32 Å². The number of rotatable bonds is 7. The Morgan fingerprint density at radius 3 is 2.29 bits per heavy atom. The summed E-state index contributed by atoms with van der Waals surface area (Å²) < 4.78 is 17.8. The van der Waals surface area contributed by atoms with Crippen molar-refractivity contribution in [3.05, 3.63) is 38.5 Å². The van der Waals surface area contributed by atoms with Crippen LogP contribution in [0.15, 0.2) is 28.1 Å². The summed E-state index contributed by atoms with van der Waals surface area (Å²) in [5.74, 6) is 1.98. The number of methoxy groups -OCH3 is 2. The molecular weight excluding hydrogens is 354 g/mol.